The van der Waals surface area contributed by atoms with Gasteiger partial charge in [-0.2, -0.15) is 0 Å². The van der Waals surface area contributed by atoms with Gasteiger partial charge >= 0.3 is 0 Å². The summed E-state index contributed by atoms with van der Waals surface area (Å²) in [7, 11) is 0. The number of hydrogen-bond acceptors (Lipinski definition) is 6. The van der Waals surface area contributed by atoms with Gasteiger partial charge in [0.25, 0.3) is 5.91 Å². The van der Waals surface area contributed by atoms with Gasteiger partial charge in [-0.3, -0.25) is 4.79 Å². The number of rotatable bonds is 6. The van der Waals surface area contributed by atoms with Crippen LogP contribution in [0.5, 0.6) is 11.5 Å². The summed E-state index contributed by atoms with van der Waals surface area (Å²) in [6.07, 6.45) is 3.16. The molecule has 3 aromatic rings. The van der Waals surface area contributed by atoms with Crippen LogP contribution in [0.2, 0.25) is 0 Å². The van der Waals surface area contributed by atoms with Crippen molar-refractivity contribution in [2.24, 2.45) is 0 Å². The second-order valence-electron chi connectivity index (χ2n) is 6.47. The number of carbonyl (C=O) groups is 1. The molecule has 0 unspecified atom stereocenters. The van der Waals surface area contributed by atoms with Crippen molar-refractivity contribution in [3.8, 4) is 11.5 Å². The molecule has 3 N–H and O–H groups in total. The number of aromatic nitrogens is 1. The van der Waals surface area contributed by atoms with Crippen LogP contribution in [0.1, 0.15) is 40.7 Å². The van der Waals surface area contributed by atoms with Crippen molar-refractivity contribution in [2.75, 3.05) is 12.5 Å². The average Bonchev–Trinajstić information content (AvgIpc) is 3.28. The SMILES string of the molecule is CCCCc1ccc2c(N)c(C(=O)NCc3ccc4c(c3)OCO4)sc2n1. The molecule has 1 aliphatic heterocycles. The number of nitrogens with two attached hydrogens (primary N) is 1. The first kappa shape index (κ1) is 17.6. The van der Waals surface area contributed by atoms with Crippen molar-refractivity contribution < 1.29 is 14.3 Å². The molecular weight excluding hydrogens is 362 g/mol. The minimum absolute atomic E-state index is 0.191. The van der Waals surface area contributed by atoms with Crippen LogP contribution in [0.25, 0.3) is 10.2 Å². The molecule has 0 saturated carbocycles. The zero-order valence-corrected chi connectivity index (χ0v) is 15.9. The van der Waals surface area contributed by atoms with Crippen molar-refractivity contribution in [1.82, 2.24) is 10.3 Å². The van der Waals surface area contributed by atoms with Crippen molar-refractivity contribution in [1.29, 1.82) is 0 Å². The van der Waals surface area contributed by atoms with Crippen molar-refractivity contribution in [2.45, 2.75) is 32.7 Å². The highest BCUT2D eigenvalue weighted by Gasteiger charge is 2.18. The van der Waals surface area contributed by atoms with Gasteiger partial charge in [0, 0.05) is 17.6 Å². The van der Waals surface area contributed by atoms with E-state index in [9.17, 15) is 4.79 Å². The van der Waals surface area contributed by atoms with Crippen LogP contribution in [0.4, 0.5) is 5.69 Å². The molecule has 27 heavy (non-hydrogen) atoms. The molecule has 0 saturated heterocycles. The third-order valence-corrected chi connectivity index (χ3v) is 5.65. The molecule has 4 rings (SSSR count). The van der Waals surface area contributed by atoms with Gasteiger partial charge in [-0.15, -0.1) is 11.3 Å². The third-order valence-electron chi connectivity index (χ3n) is 4.53. The van der Waals surface area contributed by atoms with E-state index in [2.05, 4.69) is 17.2 Å². The van der Waals surface area contributed by atoms with Crippen LogP contribution in [0.3, 0.4) is 0 Å². The number of carbonyl (C=O) groups excluding carboxylic acids is 1. The molecule has 6 nitrogen and oxygen atoms in total. The molecule has 1 aromatic carbocycles. The van der Waals surface area contributed by atoms with Crippen molar-refractivity contribution in [3.05, 3.63) is 46.5 Å². The maximum Gasteiger partial charge on any atom is 0.263 e. The number of benzene rings is 1. The van der Waals surface area contributed by atoms with Crippen LogP contribution in [0, 0.1) is 0 Å². The second kappa shape index (κ2) is 7.44. The quantitative estimate of drug-likeness (QED) is 0.675. The lowest BCUT2D eigenvalue weighted by Gasteiger charge is -2.05. The Morgan fingerprint density at radius 2 is 2.11 bits per heavy atom. The first-order valence-electron chi connectivity index (χ1n) is 9.00. The van der Waals surface area contributed by atoms with E-state index < -0.39 is 0 Å². The predicted molar refractivity (Wildman–Crippen MR) is 106 cm³/mol. The number of nitrogens with one attached hydrogen (secondary N) is 1. The van der Waals surface area contributed by atoms with E-state index in [1.165, 1.54) is 11.3 Å². The number of anilines is 1. The van der Waals surface area contributed by atoms with Crippen LogP contribution in [-0.4, -0.2) is 17.7 Å². The van der Waals surface area contributed by atoms with Gasteiger partial charge in [0.2, 0.25) is 6.79 Å². The summed E-state index contributed by atoms with van der Waals surface area (Å²) < 4.78 is 10.7. The Morgan fingerprint density at radius 3 is 2.96 bits per heavy atom. The normalized spacial score (nSPS) is 12.5. The molecule has 1 amide bonds. The number of fused-ring (bicyclic) bond motifs is 2. The molecule has 140 valence electrons. The smallest absolute Gasteiger partial charge is 0.263 e. The van der Waals surface area contributed by atoms with Crippen LogP contribution >= 0.6 is 11.3 Å². The number of unbranched alkanes of at least 4 members (excludes halogenated alkanes) is 1. The Balaban J connectivity index is 1.49. The minimum Gasteiger partial charge on any atom is -0.454 e. The molecule has 0 spiro atoms. The number of nitrogens with zero attached hydrogens (tertiary/aromatic N) is 1. The first-order valence-corrected chi connectivity index (χ1v) is 9.82. The summed E-state index contributed by atoms with van der Waals surface area (Å²) in [6.45, 7) is 2.78. The molecule has 1 aliphatic rings. The fourth-order valence-electron chi connectivity index (χ4n) is 3.01. The lowest BCUT2D eigenvalue weighted by molar-refractivity contribution is 0.0955. The fraction of sp³-hybridized carbons (Fsp3) is 0.300. The minimum atomic E-state index is -0.191. The second-order valence-corrected chi connectivity index (χ2v) is 7.47. The molecule has 0 fully saturated rings. The third kappa shape index (κ3) is 3.55. The number of ether oxygens (including phenoxy) is 2. The highest BCUT2D eigenvalue weighted by atomic mass is 32.1. The molecule has 3 heterocycles. The Bertz CT molecular complexity index is 1000. The number of pyridine rings is 1. The van der Waals surface area contributed by atoms with Crippen molar-refractivity contribution in [3.63, 3.8) is 0 Å². The molecule has 0 radical (unpaired) electrons. The van der Waals surface area contributed by atoms with E-state index in [1.807, 2.05) is 30.3 Å². The van der Waals surface area contributed by atoms with Crippen molar-refractivity contribution >= 4 is 33.1 Å². The predicted octanol–water partition coefficient (Wildman–Crippen LogP) is 3.88. The molecular formula is C20H21N3O3S. The van der Waals surface area contributed by atoms with E-state index in [1.54, 1.807) is 0 Å². The molecule has 0 bridgehead atoms. The Labute approximate surface area is 161 Å². The average molecular weight is 383 g/mol. The maximum absolute atomic E-state index is 12.6. The monoisotopic (exact) mass is 383 g/mol. The number of aryl methyl sites for hydroxylation is 1. The largest absolute Gasteiger partial charge is 0.454 e. The topological polar surface area (TPSA) is 86.5 Å². The van der Waals surface area contributed by atoms with Gasteiger partial charge in [-0.1, -0.05) is 19.4 Å². The lowest BCUT2D eigenvalue weighted by atomic mass is 10.1. The van der Waals surface area contributed by atoms with E-state index in [-0.39, 0.29) is 12.7 Å². The Morgan fingerprint density at radius 1 is 1.26 bits per heavy atom. The molecule has 0 atom stereocenters. The zero-order chi connectivity index (χ0) is 18.8. The summed E-state index contributed by atoms with van der Waals surface area (Å²) in [5.74, 6) is 1.24. The summed E-state index contributed by atoms with van der Waals surface area (Å²) in [6, 6.07) is 9.59. The molecule has 7 heteroatoms. The van der Waals surface area contributed by atoms with E-state index >= 15 is 0 Å². The van der Waals surface area contributed by atoms with E-state index in [0.717, 1.165) is 46.5 Å². The Kier molecular flexibility index (Phi) is 4.85. The van der Waals surface area contributed by atoms with E-state index in [4.69, 9.17) is 15.2 Å². The highest BCUT2D eigenvalue weighted by Crippen LogP contribution is 2.34. The van der Waals surface area contributed by atoms with Gasteiger partial charge in [-0.25, -0.2) is 4.98 Å². The number of nitrogen functional groups attached to an aromatic ring is 1. The number of thiophene rings is 1. The van der Waals surface area contributed by atoms with Crippen LogP contribution in [0.15, 0.2) is 30.3 Å². The maximum atomic E-state index is 12.6. The Hall–Kier alpha value is -2.80. The summed E-state index contributed by atoms with van der Waals surface area (Å²) >= 11 is 1.34. The van der Waals surface area contributed by atoms with Gasteiger partial charge in [0.05, 0.1) is 5.69 Å². The molecule has 0 aliphatic carbocycles. The van der Waals surface area contributed by atoms with Crippen LogP contribution in [-0.2, 0) is 13.0 Å². The fourth-order valence-corrected chi connectivity index (χ4v) is 4.04. The summed E-state index contributed by atoms with van der Waals surface area (Å²) in [5, 5.41) is 3.77. The summed E-state index contributed by atoms with van der Waals surface area (Å²) in [4.78, 5) is 18.6. The zero-order valence-electron chi connectivity index (χ0n) is 15.1. The molecule has 2 aromatic heterocycles. The summed E-state index contributed by atoms with van der Waals surface area (Å²) in [5.41, 5.74) is 8.68. The van der Waals surface area contributed by atoms with Gasteiger partial charge in [-0.05, 0) is 42.7 Å². The first-order chi connectivity index (χ1) is 13.2. The van der Waals surface area contributed by atoms with Gasteiger partial charge < -0.3 is 20.5 Å². The number of hydrogen-bond donors (Lipinski definition) is 2. The lowest BCUT2D eigenvalue weighted by Crippen LogP contribution is -2.22. The standard InChI is InChI=1S/C20H21N3O3S/c1-2-3-4-13-6-7-14-17(21)18(27-20(14)23-13)19(24)22-10-12-5-8-15-16(9-12)26-11-25-15/h5-9H,2-4,10-11,21H2,1H3,(H,22,24). The van der Waals surface area contributed by atoms with Gasteiger partial charge in [0.1, 0.15) is 9.71 Å². The van der Waals surface area contributed by atoms with E-state index in [0.29, 0.717) is 22.9 Å². The van der Waals surface area contributed by atoms with Crippen LogP contribution < -0.4 is 20.5 Å². The highest BCUT2D eigenvalue weighted by molar-refractivity contribution is 7.21. The number of amides is 1. The van der Waals surface area contributed by atoms with Gasteiger partial charge in [0.15, 0.2) is 11.5 Å².